The maximum Gasteiger partial charge on any atom is 0.0927 e. The molecular weight excluding hydrogens is 249 g/mol. The van der Waals surface area contributed by atoms with Crippen LogP contribution in [-0.4, -0.2) is 0 Å². The highest BCUT2D eigenvalue weighted by molar-refractivity contribution is 9.10. The highest BCUT2D eigenvalue weighted by Gasteiger charge is 2.04. The van der Waals surface area contributed by atoms with Gasteiger partial charge in [-0.2, -0.15) is 5.26 Å². The second-order valence-corrected chi connectivity index (χ2v) is 3.80. The number of hydrogen-bond acceptors (Lipinski definition) is 1. The molecule has 0 fully saturated rings. The van der Waals surface area contributed by atoms with Crippen LogP contribution < -0.4 is 0 Å². The first kappa shape index (κ1) is 10.3. The third-order valence-electron chi connectivity index (χ3n) is 1.72. The number of hydrogen-bond donors (Lipinski definition) is 0. The van der Waals surface area contributed by atoms with E-state index in [1.165, 1.54) is 6.08 Å². The van der Waals surface area contributed by atoms with Crippen LogP contribution in [0.1, 0.15) is 11.1 Å². The molecule has 66 valence electrons. The number of nitrogens with zero attached hydrogens (tertiary/aromatic N) is 1. The molecule has 0 atom stereocenters. The number of nitriles is 1. The Morgan fingerprint density at radius 1 is 1.62 bits per heavy atom. The van der Waals surface area contributed by atoms with E-state index in [-0.39, 0.29) is 0 Å². The fourth-order valence-electron chi connectivity index (χ4n) is 1.00. The molecule has 13 heavy (non-hydrogen) atoms. The number of allylic oxidation sites excluding steroid dienone is 1. The SMILES string of the molecule is Cc1c(Br)cccc1C(Cl)=CC#N. The Kier molecular flexibility index (Phi) is 3.53. The van der Waals surface area contributed by atoms with E-state index in [9.17, 15) is 0 Å². The van der Waals surface area contributed by atoms with E-state index in [0.29, 0.717) is 5.03 Å². The van der Waals surface area contributed by atoms with Crippen LogP contribution >= 0.6 is 27.5 Å². The molecule has 0 saturated heterocycles. The fourth-order valence-corrected chi connectivity index (χ4v) is 1.62. The van der Waals surface area contributed by atoms with Gasteiger partial charge in [-0.3, -0.25) is 0 Å². The second-order valence-electron chi connectivity index (χ2n) is 2.53. The third-order valence-corrected chi connectivity index (χ3v) is 2.89. The van der Waals surface area contributed by atoms with Crippen molar-refractivity contribution < 1.29 is 0 Å². The summed E-state index contributed by atoms with van der Waals surface area (Å²) >= 11 is 9.30. The Bertz CT molecular complexity index is 390. The normalized spacial score (nSPS) is 11.1. The molecule has 1 rings (SSSR count). The van der Waals surface area contributed by atoms with Gasteiger partial charge < -0.3 is 0 Å². The lowest BCUT2D eigenvalue weighted by atomic mass is 10.1. The largest absolute Gasteiger partial charge is 0.193 e. The standard InChI is InChI=1S/C10H7BrClN/c1-7-8(10(12)5-6-13)3-2-4-9(7)11/h2-5H,1H3. The lowest BCUT2D eigenvalue weighted by Gasteiger charge is -2.04. The average Bonchev–Trinajstić information content (AvgIpc) is 2.10. The van der Waals surface area contributed by atoms with Crippen molar-refractivity contribution >= 4 is 32.6 Å². The smallest absolute Gasteiger partial charge is 0.0927 e. The van der Waals surface area contributed by atoms with E-state index in [0.717, 1.165) is 15.6 Å². The van der Waals surface area contributed by atoms with E-state index in [4.69, 9.17) is 16.9 Å². The van der Waals surface area contributed by atoms with Crippen LogP contribution in [-0.2, 0) is 0 Å². The summed E-state index contributed by atoms with van der Waals surface area (Å²) in [4.78, 5) is 0. The van der Waals surface area contributed by atoms with Crippen LogP contribution in [0.15, 0.2) is 28.7 Å². The molecule has 0 aliphatic heterocycles. The van der Waals surface area contributed by atoms with Crippen LogP contribution in [0.2, 0.25) is 0 Å². The minimum absolute atomic E-state index is 0.473. The van der Waals surface area contributed by atoms with Gasteiger partial charge in [0.2, 0.25) is 0 Å². The van der Waals surface area contributed by atoms with Crippen molar-refractivity contribution in [2.45, 2.75) is 6.92 Å². The van der Waals surface area contributed by atoms with Gasteiger partial charge >= 0.3 is 0 Å². The average molecular weight is 257 g/mol. The molecule has 0 unspecified atom stereocenters. The van der Waals surface area contributed by atoms with Crippen LogP contribution in [0, 0.1) is 18.3 Å². The van der Waals surface area contributed by atoms with Crippen molar-refractivity contribution in [3.05, 3.63) is 39.9 Å². The van der Waals surface area contributed by atoms with Crippen molar-refractivity contribution in [1.29, 1.82) is 5.26 Å². The highest BCUT2D eigenvalue weighted by Crippen LogP contribution is 2.27. The number of benzene rings is 1. The molecule has 0 aliphatic carbocycles. The van der Waals surface area contributed by atoms with Gasteiger partial charge in [0.25, 0.3) is 0 Å². The molecule has 0 saturated carbocycles. The highest BCUT2D eigenvalue weighted by atomic mass is 79.9. The Hall–Kier alpha value is -0.780. The maximum atomic E-state index is 8.44. The predicted octanol–water partition coefficient (Wildman–Crippen LogP) is 3.86. The summed E-state index contributed by atoms with van der Waals surface area (Å²) in [5.74, 6) is 0. The molecule has 1 aromatic rings. The summed E-state index contributed by atoms with van der Waals surface area (Å²) in [7, 11) is 0. The van der Waals surface area contributed by atoms with Crippen LogP contribution in [0.25, 0.3) is 5.03 Å². The molecule has 0 amide bonds. The van der Waals surface area contributed by atoms with Gasteiger partial charge in [-0.25, -0.2) is 0 Å². The molecule has 0 aliphatic rings. The summed E-state index contributed by atoms with van der Waals surface area (Å²) < 4.78 is 0.995. The van der Waals surface area contributed by atoms with Crippen molar-refractivity contribution in [3.8, 4) is 6.07 Å². The summed E-state index contributed by atoms with van der Waals surface area (Å²) in [5.41, 5.74) is 1.93. The first-order chi connectivity index (χ1) is 6.16. The van der Waals surface area contributed by atoms with E-state index in [1.54, 1.807) is 0 Å². The molecule has 0 aromatic heterocycles. The minimum Gasteiger partial charge on any atom is -0.193 e. The molecule has 1 nitrogen and oxygen atoms in total. The molecular formula is C10H7BrClN. The molecule has 0 bridgehead atoms. The van der Waals surface area contributed by atoms with Gasteiger partial charge in [-0.15, -0.1) is 0 Å². The van der Waals surface area contributed by atoms with Gasteiger partial charge in [-0.1, -0.05) is 39.7 Å². The second kappa shape index (κ2) is 4.45. The van der Waals surface area contributed by atoms with Gasteiger partial charge in [-0.05, 0) is 24.1 Å². The molecule has 0 radical (unpaired) electrons. The zero-order valence-electron chi connectivity index (χ0n) is 7.01. The molecule has 0 N–H and O–H groups in total. The van der Waals surface area contributed by atoms with Crippen molar-refractivity contribution in [2.75, 3.05) is 0 Å². The Morgan fingerprint density at radius 3 is 2.92 bits per heavy atom. The van der Waals surface area contributed by atoms with Crippen LogP contribution in [0.5, 0.6) is 0 Å². The van der Waals surface area contributed by atoms with Crippen molar-refractivity contribution in [2.24, 2.45) is 0 Å². The van der Waals surface area contributed by atoms with Gasteiger partial charge in [0, 0.05) is 10.5 Å². The maximum absolute atomic E-state index is 8.44. The van der Waals surface area contributed by atoms with Gasteiger partial charge in [0.05, 0.1) is 11.1 Å². The Labute approximate surface area is 90.8 Å². The summed E-state index contributed by atoms with van der Waals surface area (Å²) in [6.07, 6.45) is 1.33. The number of halogens is 2. The van der Waals surface area contributed by atoms with Gasteiger partial charge in [0.1, 0.15) is 0 Å². The van der Waals surface area contributed by atoms with Crippen LogP contribution in [0.3, 0.4) is 0 Å². The lowest BCUT2D eigenvalue weighted by molar-refractivity contribution is 1.40. The fraction of sp³-hybridized carbons (Fsp3) is 0.100. The monoisotopic (exact) mass is 255 g/mol. The minimum atomic E-state index is 0.473. The van der Waals surface area contributed by atoms with E-state index >= 15 is 0 Å². The first-order valence-corrected chi connectivity index (χ1v) is 4.84. The molecule has 1 aromatic carbocycles. The Morgan fingerprint density at radius 2 is 2.31 bits per heavy atom. The van der Waals surface area contributed by atoms with E-state index < -0.39 is 0 Å². The summed E-state index contributed by atoms with van der Waals surface area (Å²) in [5, 5.41) is 8.91. The zero-order valence-corrected chi connectivity index (χ0v) is 9.35. The topological polar surface area (TPSA) is 23.8 Å². The summed E-state index contributed by atoms with van der Waals surface area (Å²) in [6.45, 7) is 1.95. The first-order valence-electron chi connectivity index (χ1n) is 3.67. The van der Waals surface area contributed by atoms with Crippen LogP contribution in [0.4, 0.5) is 0 Å². The molecule has 3 heteroatoms. The quantitative estimate of drug-likeness (QED) is 0.700. The number of rotatable bonds is 1. The lowest BCUT2D eigenvalue weighted by Crippen LogP contribution is -1.84. The third kappa shape index (κ3) is 2.33. The van der Waals surface area contributed by atoms with E-state index in [2.05, 4.69) is 15.9 Å². The Balaban J connectivity index is 3.25. The zero-order chi connectivity index (χ0) is 9.84. The van der Waals surface area contributed by atoms with Gasteiger partial charge in [0.15, 0.2) is 0 Å². The summed E-state index contributed by atoms with van der Waals surface area (Å²) in [6, 6.07) is 7.62. The predicted molar refractivity (Wildman–Crippen MR) is 58.3 cm³/mol. The van der Waals surface area contributed by atoms with E-state index in [1.807, 2.05) is 31.2 Å². The molecule has 0 heterocycles. The van der Waals surface area contributed by atoms with Crippen molar-refractivity contribution in [3.63, 3.8) is 0 Å². The van der Waals surface area contributed by atoms with Crippen molar-refractivity contribution in [1.82, 2.24) is 0 Å². The molecule has 0 spiro atoms.